The fraction of sp³-hybridized carbons (Fsp3) is 0.0769. The molecule has 0 heterocycles. The topological polar surface area (TPSA) is 26.0 Å². The molecular formula is C13H10Cl3NS. The van der Waals surface area contributed by atoms with E-state index < -0.39 is 0 Å². The van der Waals surface area contributed by atoms with E-state index in [4.69, 9.17) is 40.5 Å². The summed E-state index contributed by atoms with van der Waals surface area (Å²) in [5.41, 5.74) is 7.40. The second-order valence-electron chi connectivity index (χ2n) is 3.69. The highest BCUT2D eigenvalue weighted by Gasteiger charge is 2.07. The molecule has 0 unspecified atom stereocenters. The van der Waals surface area contributed by atoms with Crippen LogP contribution >= 0.6 is 46.6 Å². The van der Waals surface area contributed by atoms with Crippen LogP contribution in [0.25, 0.3) is 0 Å². The van der Waals surface area contributed by atoms with E-state index in [0.29, 0.717) is 26.5 Å². The van der Waals surface area contributed by atoms with Crippen LogP contribution in [-0.2, 0) is 5.75 Å². The summed E-state index contributed by atoms with van der Waals surface area (Å²) >= 11 is 19.8. The first-order chi connectivity index (χ1) is 8.58. The summed E-state index contributed by atoms with van der Waals surface area (Å²) in [4.78, 5) is 0.938. The maximum absolute atomic E-state index is 6.13. The van der Waals surface area contributed by atoms with Crippen LogP contribution in [0.3, 0.4) is 0 Å². The average molecular weight is 319 g/mol. The molecule has 0 fully saturated rings. The van der Waals surface area contributed by atoms with Gasteiger partial charge in [-0.05, 0) is 29.8 Å². The molecule has 2 rings (SSSR count). The number of thioether (sulfide) groups is 1. The second-order valence-corrected chi connectivity index (χ2v) is 5.90. The highest BCUT2D eigenvalue weighted by atomic mass is 35.5. The zero-order chi connectivity index (χ0) is 13.1. The van der Waals surface area contributed by atoms with E-state index in [9.17, 15) is 0 Å². The van der Waals surface area contributed by atoms with Gasteiger partial charge in [0.05, 0.1) is 15.1 Å². The first kappa shape index (κ1) is 13.9. The van der Waals surface area contributed by atoms with Crippen molar-refractivity contribution in [1.82, 2.24) is 0 Å². The van der Waals surface area contributed by atoms with E-state index in [1.807, 2.05) is 18.2 Å². The van der Waals surface area contributed by atoms with Crippen molar-refractivity contribution >= 4 is 52.3 Å². The number of halogens is 3. The number of nitrogens with two attached hydrogens (primary N) is 1. The van der Waals surface area contributed by atoms with Gasteiger partial charge < -0.3 is 5.73 Å². The summed E-state index contributed by atoms with van der Waals surface area (Å²) in [6.45, 7) is 0. The molecule has 0 amide bonds. The lowest BCUT2D eigenvalue weighted by Gasteiger charge is -2.07. The summed E-state index contributed by atoms with van der Waals surface area (Å²) in [6.07, 6.45) is 0. The van der Waals surface area contributed by atoms with Gasteiger partial charge in [-0.25, -0.2) is 0 Å². The Balaban J connectivity index is 2.16. The van der Waals surface area contributed by atoms with Crippen molar-refractivity contribution in [2.24, 2.45) is 0 Å². The van der Waals surface area contributed by atoms with Crippen LogP contribution in [0.4, 0.5) is 5.69 Å². The minimum atomic E-state index is 0.563. The molecule has 0 aliphatic rings. The standard InChI is InChI=1S/C13H10Cl3NS/c14-10-5-4-9(17)6-12(10)18-7-8-2-1-3-11(15)13(8)16/h1-6H,7,17H2. The van der Waals surface area contributed by atoms with Crippen molar-refractivity contribution in [3.63, 3.8) is 0 Å². The highest BCUT2D eigenvalue weighted by Crippen LogP contribution is 2.34. The molecule has 94 valence electrons. The second kappa shape index (κ2) is 6.07. The molecule has 0 spiro atoms. The molecule has 5 heteroatoms. The zero-order valence-corrected chi connectivity index (χ0v) is 12.4. The number of benzene rings is 2. The summed E-state index contributed by atoms with van der Waals surface area (Å²) in [5, 5.41) is 1.84. The van der Waals surface area contributed by atoms with E-state index in [-0.39, 0.29) is 0 Å². The highest BCUT2D eigenvalue weighted by molar-refractivity contribution is 7.98. The number of hydrogen-bond donors (Lipinski definition) is 1. The monoisotopic (exact) mass is 317 g/mol. The molecule has 0 aromatic heterocycles. The quantitative estimate of drug-likeness (QED) is 0.595. The zero-order valence-electron chi connectivity index (χ0n) is 9.29. The molecule has 0 saturated carbocycles. The van der Waals surface area contributed by atoms with Gasteiger partial charge >= 0.3 is 0 Å². The lowest BCUT2D eigenvalue weighted by atomic mass is 10.2. The largest absolute Gasteiger partial charge is 0.399 e. The molecule has 1 nitrogen and oxygen atoms in total. The van der Waals surface area contributed by atoms with Gasteiger partial charge in [-0.3, -0.25) is 0 Å². The van der Waals surface area contributed by atoms with Gasteiger partial charge in [0.1, 0.15) is 0 Å². The number of nitrogen functional groups attached to an aromatic ring is 1. The minimum absolute atomic E-state index is 0.563. The molecule has 0 saturated heterocycles. The van der Waals surface area contributed by atoms with Crippen LogP contribution in [-0.4, -0.2) is 0 Å². The van der Waals surface area contributed by atoms with Crippen molar-refractivity contribution in [2.75, 3.05) is 5.73 Å². The Morgan fingerprint density at radius 2 is 1.78 bits per heavy atom. The fourth-order valence-corrected chi connectivity index (χ4v) is 3.17. The van der Waals surface area contributed by atoms with Gasteiger partial charge in [0, 0.05) is 16.3 Å². The Kier molecular flexibility index (Phi) is 4.68. The normalized spacial score (nSPS) is 10.6. The van der Waals surface area contributed by atoms with E-state index >= 15 is 0 Å². The van der Waals surface area contributed by atoms with Crippen LogP contribution in [0.1, 0.15) is 5.56 Å². The number of hydrogen-bond acceptors (Lipinski definition) is 2. The summed E-state index contributed by atoms with van der Waals surface area (Å²) in [7, 11) is 0. The predicted octanol–water partition coefficient (Wildman–Crippen LogP) is 5.52. The summed E-state index contributed by atoms with van der Waals surface area (Å²) in [5.74, 6) is 0.697. The molecule has 0 radical (unpaired) electrons. The first-order valence-electron chi connectivity index (χ1n) is 5.18. The number of anilines is 1. The molecule has 18 heavy (non-hydrogen) atoms. The molecule has 2 aromatic rings. The Labute approximate surface area is 125 Å². The van der Waals surface area contributed by atoms with Crippen LogP contribution in [0.15, 0.2) is 41.3 Å². The van der Waals surface area contributed by atoms with Crippen LogP contribution in [0.2, 0.25) is 15.1 Å². The molecular weight excluding hydrogens is 309 g/mol. The van der Waals surface area contributed by atoms with Gasteiger partial charge in [0.15, 0.2) is 0 Å². The Hall–Kier alpha value is -0.540. The van der Waals surface area contributed by atoms with E-state index in [2.05, 4.69) is 0 Å². The van der Waals surface area contributed by atoms with Crippen LogP contribution in [0.5, 0.6) is 0 Å². The average Bonchev–Trinajstić information content (AvgIpc) is 2.35. The Morgan fingerprint density at radius 1 is 1.00 bits per heavy atom. The van der Waals surface area contributed by atoms with Crippen LogP contribution in [0, 0.1) is 0 Å². The van der Waals surface area contributed by atoms with Crippen molar-refractivity contribution in [2.45, 2.75) is 10.6 Å². The van der Waals surface area contributed by atoms with Crippen LogP contribution < -0.4 is 5.73 Å². The minimum Gasteiger partial charge on any atom is -0.399 e. The van der Waals surface area contributed by atoms with Crippen molar-refractivity contribution < 1.29 is 0 Å². The molecule has 0 aliphatic carbocycles. The number of rotatable bonds is 3. The fourth-order valence-electron chi connectivity index (χ4n) is 1.45. The van der Waals surface area contributed by atoms with Crippen molar-refractivity contribution in [3.8, 4) is 0 Å². The Morgan fingerprint density at radius 3 is 2.56 bits per heavy atom. The molecule has 0 atom stereocenters. The third-order valence-corrected chi connectivity index (χ3v) is 4.77. The molecule has 2 aromatic carbocycles. The lowest BCUT2D eigenvalue weighted by molar-refractivity contribution is 1.38. The van der Waals surface area contributed by atoms with Gasteiger partial charge in [0.25, 0.3) is 0 Å². The third kappa shape index (κ3) is 3.27. The molecule has 2 N–H and O–H groups in total. The van der Waals surface area contributed by atoms with Gasteiger partial charge in [-0.1, -0.05) is 46.9 Å². The van der Waals surface area contributed by atoms with Crippen molar-refractivity contribution in [3.05, 3.63) is 57.0 Å². The van der Waals surface area contributed by atoms with E-state index in [1.165, 1.54) is 0 Å². The maximum atomic E-state index is 6.13. The molecule has 0 aliphatic heterocycles. The maximum Gasteiger partial charge on any atom is 0.0632 e. The van der Waals surface area contributed by atoms with Gasteiger partial charge in [-0.2, -0.15) is 0 Å². The third-order valence-electron chi connectivity index (χ3n) is 2.37. The predicted molar refractivity (Wildman–Crippen MR) is 81.9 cm³/mol. The SMILES string of the molecule is Nc1ccc(Cl)c(SCc2cccc(Cl)c2Cl)c1. The first-order valence-corrected chi connectivity index (χ1v) is 7.30. The summed E-state index contributed by atoms with van der Waals surface area (Å²) in [6, 6.07) is 11.0. The van der Waals surface area contributed by atoms with Crippen molar-refractivity contribution in [1.29, 1.82) is 0 Å². The van der Waals surface area contributed by atoms with E-state index in [0.717, 1.165) is 10.5 Å². The smallest absolute Gasteiger partial charge is 0.0632 e. The van der Waals surface area contributed by atoms with E-state index in [1.54, 1.807) is 30.0 Å². The summed E-state index contributed by atoms with van der Waals surface area (Å²) < 4.78 is 0. The molecule has 0 bridgehead atoms. The van der Waals surface area contributed by atoms with Gasteiger partial charge in [-0.15, -0.1) is 11.8 Å². The van der Waals surface area contributed by atoms with Gasteiger partial charge in [0.2, 0.25) is 0 Å². The lowest BCUT2D eigenvalue weighted by Crippen LogP contribution is -1.87. The Bertz CT molecular complexity index is 570.